The van der Waals surface area contributed by atoms with Gasteiger partial charge < -0.3 is 11.1 Å². The molecule has 2 aromatic rings. The molecule has 3 rings (SSSR count). The van der Waals surface area contributed by atoms with E-state index in [9.17, 15) is 4.79 Å². The van der Waals surface area contributed by atoms with E-state index in [1.54, 1.807) is 0 Å². The van der Waals surface area contributed by atoms with E-state index >= 15 is 0 Å². The second-order valence-electron chi connectivity index (χ2n) is 5.47. The van der Waals surface area contributed by atoms with Crippen molar-refractivity contribution >= 4 is 24.0 Å². The standard InChI is InChI=1S/C17H18N2O.ClH/c1-12(20)19-15-9-7-14(8-10-15)17(18)11-16(17)13-5-3-2-4-6-13;/h2-10,16H,11,18H2,1H3,(H,19,20);1H. The largest absolute Gasteiger partial charge is 0.326 e. The highest BCUT2D eigenvalue weighted by atomic mass is 35.5. The second kappa shape index (κ2) is 5.88. The van der Waals surface area contributed by atoms with Crippen LogP contribution in [0, 0.1) is 0 Å². The molecule has 1 fully saturated rings. The molecule has 3 nitrogen and oxygen atoms in total. The highest BCUT2D eigenvalue weighted by Gasteiger charge is 2.52. The number of amides is 1. The first-order valence-electron chi connectivity index (χ1n) is 6.81. The Hall–Kier alpha value is -1.84. The van der Waals surface area contributed by atoms with Crippen molar-refractivity contribution in [1.82, 2.24) is 0 Å². The van der Waals surface area contributed by atoms with Crippen molar-refractivity contribution < 1.29 is 4.79 Å². The summed E-state index contributed by atoms with van der Waals surface area (Å²) >= 11 is 0. The zero-order valence-electron chi connectivity index (χ0n) is 11.9. The molecule has 110 valence electrons. The van der Waals surface area contributed by atoms with Crippen LogP contribution in [0.25, 0.3) is 0 Å². The van der Waals surface area contributed by atoms with Crippen LogP contribution in [0.2, 0.25) is 0 Å². The molecule has 1 aliphatic carbocycles. The van der Waals surface area contributed by atoms with Crippen LogP contribution in [-0.4, -0.2) is 5.91 Å². The molecule has 3 N–H and O–H groups in total. The highest BCUT2D eigenvalue weighted by Crippen LogP contribution is 2.56. The Morgan fingerprint density at radius 3 is 2.33 bits per heavy atom. The number of anilines is 1. The van der Waals surface area contributed by atoms with E-state index in [-0.39, 0.29) is 23.9 Å². The Morgan fingerprint density at radius 2 is 1.76 bits per heavy atom. The predicted molar refractivity (Wildman–Crippen MR) is 87.7 cm³/mol. The minimum atomic E-state index is -0.268. The molecule has 2 unspecified atom stereocenters. The van der Waals surface area contributed by atoms with Crippen LogP contribution in [0.3, 0.4) is 0 Å². The number of carbonyl (C=O) groups is 1. The summed E-state index contributed by atoms with van der Waals surface area (Å²) < 4.78 is 0. The smallest absolute Gasteiger partial charge is 0.221 e. The van der Waals surface area contributed by atoms with Crippen LogP contribution >= 0.6 is 12.4 Å². The molecule has 0 aliphatic heterocycles. The topological polar surface area (TPSA) is 55.1 Å². The van der Waals surface area contributed by atoms with Crippen LogP contribution in [0.1, 0.15) is 30.4 Å². The summed E-state index contributed by atoms with van der Waals surface area (Å²) in [6.07, 6.45) is 0.969. The van der Waals surface area contributed by atoms with Crippen molar-refractivity contribution in [3.63, 3.8) is 0 Å². The summed E-state index contributed by atoms with van der Waals surface area (Å²) in [5, 5.41) is 2.77. The van der Waals surface area contributed by atoms with Gasteiger partial charge in [-0.2, -0.15) is 0 Å². The van der Waals surface area contributed by atoms with Crippen molar-refractivity contribution in [2.75, 3.05) is 5.32 Å². The summed E-state index contributed by atoms with van der Waals surface area (Å²) in [6.45, 7) is 1.50. The van der Waals surface area contributed by atoms with Crippen LogP contribution in [0.5, 0.6) is 0 Å². The van der Waals surface area contributed by atoms with E-state index < -0.39 is 0 Å². The van der Waals surface area contributed by atoms with Crippen molar-refractivity contribution in [2.24, 2.45) is 5.73 Å². The van der Waals surface area contributed by atoms with Gasteiger partial charge in [-0.05, 0) is 29.7 Å². The van der Waals surface area contributed by atoms with Gasteiger partial charge in [0, 0.05) is 24.1 Å². The van der Waals surface area contributed by atoms with Crippen molar-refractivity contribution in [2.45, 2.75) is 24.8 Å². The van der Waals surface area contributed by atoms with Gasteiger partial charge in [0.1, 0.15) is 0 Å². The molecule has 2 aromatic carbocycles. The highest BCUT2D eigenvalue weighted by molar-refractivity contribution is 5.88. The number of hydrogen-bond acceptors (Lipinski definition) is 2. The Kier molecular flexibility index (Phi) is 4.35. The zero-order chi connectivity index (χ0) is 14.2. The van der Waals surface area contributed by atoms with Gasteiger partial charge in [-0.3, -0.25) is 4.79 Å². The molecule has 0 aromatic heterocycles. The number of nitrogens with two attached hydrogens (primary N) is 1. The van der Waals surface area contributed by atoms with Gasteiger partial charge in [-0.1, -0.05) is 42.5 Å². The van der Waals surface area contributed by atoms with Crippen molar-refractivity contribution in [1.29, 1.82) is 0 Å². The van der Waals surface area contributed by atoms with Crippen LogP contribution in [-0.2, 0) is 10.3 Å². The maximum Gasteiger partial charge on any atom is 0.221 e. The molecule has 1 aliphatic rings. The van der Waals surface area contributed by atoms with Crippen LogP contribution < -0.4 is 11.1 Å². The lowest BCUT2D eigenvalue weighted by Crippen LogP contribution is -2.21. The lowest BCUT2D eigenvalue weighted by Gasteiger charge is -2.13. The van der Waals surface area contributed by atoms with E-state index in [4.69, 9.17) is 5.73 Å². The lowest BCUT2D eigenvalue weighted by atomic mass is 9.99. The van der Waals surface area contributed by atoms with Crippen LogP contribution in [0.4, 0.5) is 5.69 Å². The van der Waals surface area contributed by atoms with Gasteiger partial charge in [0.2, 0.25) is 5.91 Å². The van der Waals surface area contributed by atoms with Crippen molar-refractivity contribution in [3.8, 4) is 0 Å². The minimum Gasteiger partial charge on any atom is -0.326 e. The summed E-state index contributed by atoms with van der Waals surface area (Å²) in [6, 6.07) is 18.2. The molecule has 21 heavy (non-hydrogen) atoms. The fourth-order valence-electron chi connectivity index (χ4n) is 2.77. The Balaban J connectivity index is 0.00000161. The maximum atomic E-state index is 11.0. The number of halogens is 1. The fraction of sp³-hybridized carbons (Fsp3) is 0.235. The van der Waals surface area contributed by atoms with Crippen molar-refractivity contribution in [3.05, 3.63) is 65.7 Å². The van der Waals surface area contributed by atoms with Crippen LogP contribution in [0.15, 0.2) is 54.6 Å². The summed E-state index contributed by atoms with van der Waals surface area (Å²) in [5.41, 5.74) is 9.47. The normalized spacial score (nSPS) is 23.0. The molecular formula is C17H19ClN2O. The monoisotopic (exact) mass is 302 g/mol. The molecule has 2 atom stereocenters. The third-order valence-electron chi connectivity index (χ3n) is 3.95. The third kappa shape index (κ3) is 3.09. The first kappa shape index (κ1) is 15.5. The number of hydrogen-bond donors (Lipinski definition) is 2. The molecule has 0 saturated heterocycles. The average molecular weight is 303 g/mol. The predicted octanol–water partition coefficient (Wildman–Crippen LogP) is 3.41. The average Bonchev–Trinajstić information content (AvgIpc) is 3.13. The van der Waals surface area contributed by atoms with E-state index in [2.05, 4.69) is 17.4 Å². The molecule has 4 heteroatoms. The maximum absolute atomic E-state index is 11.0. The molecule has 1 saturated carbocycles. The lowest BCUT2D eigenvalue weighted by molar-refractivity contribution is -0.114. The molecule has 0 spiro atoms. The van der Waals surface area contributed by atoms with Gasteiger partial charge >= 0.3 is 0 Å². The molecular weight excluding hydrogens is 284 g/mol. The third-order valence-corrected chi connectivity index (χ3v) is 3.95. The Labute approximate surface area is 131 Å². The quantitative estimate of drug-likeness (QED) is 0.913. The van der Waals surface area contributed by atoms with Gasteiger partial charge in [-0.15, -0.1) is 12.4 Å². The molecule has 1 amide bonds. The number of nitrogens with one attached hydrogen (secondary N) is 1. The fourth-order valence-corrected chi connectivity index (χ4v) is 2.77. The molecule has 0 radical (unpaired) electrons. The van der Waals surface area contributed by atoms with Gasteiger partial charge in [0.05, 0.1) is 0 Å². The first-order valence-corrected chi connectivity index (χ1v) is 6.81. The SMILES string of the molecule is CC(=O)Nc1ccc(C2(N)CC2c2ccccc2)cc1.Cl. The summed E-state index contributed by atoms with van der Waals surface area (Å²) in [4.78, 5) is 11.0. The molecule has 0 bridgehead atoms. The Morgan fingerprint density at radius 1 is 1.14 bits per heavy atom. The van der Waals surface area contributed by atoms with E-state index in [0.717, 1.165) is 17.7 Å². The summed E-state index contributed by atoms with van der Waals surface area (Å²) in [5.74, 6) is 0.323. The molecule has 0 heterocycles. The number of rotatable bonds is 3. The van der Waals surface area contributed by atoms with E-state index in [0.29, 0.717) is 5.92 Å². The van der Waals surface area contributed by atoms with E-state index in [1.165, 1.54) is 12.5 Å². The van der Waals surface area contributed by atoms with E-state index in [1.807, 2.05) is 42.5 Å². The first-order chi connectivity index (χ1) is 9.59. The minimum absolute atomic E-state index is 0. The zero-order valence-corrected chi connectivity index (χ0v) is 12.7. The Bertz CT molecular complexity index is 627. The number of carbonyl (C=O) groups excluding carboxylic acids is 1. The number of benzene rings is 2. The second-order valence-corrected chi connectivity index (χ2v) is 5.47. The summed E-state index contributed by atoms with van der Waals surface area (Å²) in [7, 11) is 0. The van der Waals surface area contributed by atoms with Gasteiger partial charge in [0.25, 0.3) is 0 Å². The van der Waals surface area contributed by atoms with Gasteiger partial charge in [0.15, 0.2) is 0 Å². The van der Waals surface area contributed by atoms with Gasteiger partial charge in [-0.25, -0.2) is 0 Å².